The first-order chi connectivity index (χ1) is 13.1. The van der Waals surface area contributed by atoms with Crippen LogP contribution in [-0.4, -0.2) is 59.2 Å². The van der Waals surface area contributed by atoms with E-state index in [0.29, 0.717) is 6.04 Å². The highest BCUT2D eigenvalue weighted by Crippen LogP contribution is 2.30. The van der Waals surface area contributed by atoms with E-state index in [0.717, 1.165) is 43.8 Å². The highest BCUT2D eigenvalue weighted by atomic mass is 32.1. The highest BCUT2D eigenvalue weighted by Gasteiger charge is 2.25. The summed E-state index contributed by atoms with van der Waals surface area (Å²) < 4.78 is 0. The number of benzene rings is 1. The van der Waals surface area contributed by atoms with Gasteiger partial charge in [-0.3, -0.25) is 4.90 Å². The maximum atomic E-state index is 9.37. The van der Waals surface area contributed by atoms with Crippen molar-refractivity contribution in [3.63, 3.8) is 0 Å². The number of aromatic nitrogens is 1. The third kappa shape index (κ3) is 4.06. The largest absolute Gasteiger partial charge is 0.396 e. The molecule has 0 aliphatic carbocycles. The van der Waals surface area contributed by atoms with Gasteiger partial charge in [0.25, 0.3) is 0 Å². The van der Waals surface area contributed by atoms with Crippen molar-refractivity contribution >= 4 is 22.2 Å². The number of aliphatic hydroxyl groups excluding tert-OH is 1. The van der Waals surface area contributed by atoms with Crippen LogP contribution in [0.25, 0.3) is 21.5 Å². The van der Waals surface area contributed by atoms with Gasteiger partial charge >= 0.3 is 0 Å². The Kier molecular flexibility index (Phi) is 5.55. The van der Waals surface area contributed by atoms with E-state index in [9.17, 15) is 5.11 Å². The SMILES string of the molecule is Cc1ccc2cc(CN3CCN(C)[C@H](CCO)C3)c(-c3cccs3)nc2c1. The molecule has 4 rings (SSSR count). The van der Waals surface area contributed by atoms with Crippen LogP contribution in [-0.2, 0) is 6.54 Å². The van der Waals surface area contributed by atoms with E-state index in [-0.39, 0.29) is 6.61 Å². The second kappa shape index (κ2) is 8.07. The Balaban J connectivity index is 1.67. The van der Waals surface area contributed by atoms with Gasteiger partial charge in [0.15, 0.2) is 0 Å². The van der Waals surface area contributed by atoms with E-state index in [1.807, 2.05) is 0 Å². The van der Waals surface area contributed by atoms with E-state index in [1.54, 1.807) is 11.3 Å². The van der Waals surface area contributed by atoms with Crippen LogP contribution < -0.4 is 0 Å². The molecule has 0 unspecified atom stereocenters. The van der Waals surface area contributed by atoms with Gasteiger partial charge in [-0.2, -0.15) is 0 Å². The van der Waals surface area contributed by atoms with Gasteiger partial charge in [0.2, 0.25) is 0 Å². The van der Waals surface area contributed by atoms with Crippen LogP contribution >= 0.6 is 11.3 Å². The third-order valence-electron chi connectivity index (χ3n) is 5.52. The summed E-state index contributed by atoms with van der Waals surface area (Å²) >= 11 is 1.75. The molecule has 0 bridgehead atoms. The molecule has 1 N–H and O–H groups in total. The van der Waals surface area contributed by atoms with E-state index < -0.39 is 0 Å². The molecule has 0 spiro atoms. The normalized spacial score (nSPS) is 19.0. The molecule has 3 heterocycles. The van der Waals surface area contributed by atoms with Crippen molar-refractivity contribution < 1.29 is 5.11 Å². The van der Waals surface area contributed by atoms with Crippen molar-refractivity contribution in [3.05, 3.63) is 52.9 Å². The average molecular weight is 382 g/mol. The maximum absolute atomic E-state index is 9.37. The van der Waals surface area contributed by atoms with Gasteiger partial charge in [0.05, 0.1) is 16.1 Å². The number of hydrogen-bond donors (Lipinski definition) is 1. The molecule has 1 atom stereocenters. The summed E-state index contributed by atoms with van der Waals surface area (Å²) in [5, 5.41) is 12.7. The van der Waals surface area contributed by atoms with E-state index in [2.05, 4.69) is 65.5 Å². The monoisotopic (exact) mass is 381 g/mol. The minimum absolute atomic E-state index is 0.250. The molecule has 142 valence electrons. The first-order valence-electron chi connectivity index (χ1n) is 9.61. The molecular weight excluding hydrogens is 354 g/mol. The molecular formula is C22H27N3OS. The molecule has 1 fully saturated rings. The summed E-state index contributed by atoms with van der Waals surface area (Å²) in [6, 6.07) is 13.5. The lowest BCUT2D eigenvalue weighted by Gasteiger charge is -2.39. The maximum Gasteiger partial charge on any atom is 0.0854 e. The molecule has 2 aromatic heterocycles. The number of nitrogens with zero attached hydrogens (tertiary/aromatic N) is 3. The molecule has 1 saturated heterocycles. The number of hydrogen-bond acceptors (Lipinski definition) is 5. The minimum atomic E-state index is 0.250. The quantitative estimate of drug-likeness (QED) is 0.730. The average Bonchev–Trinajstić information content (AvgIpc) is 3.19. The van der Waals surface area contributed by atoms with Gasteiger partial charge in [-0.05, 0) is 55.1 Å². The molecule has 5 heteroatoms. The van der Waals surface area contributed by atoms with Crippen LogP contribution in [0.1, 0.15) is 17.5 Å². The Bertz CT molecular complexity index is 909. The first kappa shape index (κ1) is 18.6. The second-order valence-electron chi connectivity index (χ2n) is 7.55. The first-order valence-corrected chi connectivity index (χ1v) is 10.5. The number of aliphatic hydroxyl groups is 1. The van der Waals surface area contributed by atoms with Crippen molar-refractivity contribution in [3.8, 4) is 10.6 Å². The Morgan fingerprint density at radius 3 is 2.89 bits per heavy atom. The number of likely N-dealkylation sites (N-methyl/N-ethyl adjacent to an activating group) is 1. The fraction of sp³-hybridized carbons (Fsp3) is 0.409. The van der Waals surface area contributed by atoms with Gasteiger partial charge in [-0.15, -0.1) is 11.3 Å². The summed E-state index contributed by atoms with van der Waals surface area (Å²) in [6.07, 6.45) is 0.833. The van der Waals surface area contributed by atoms with Gasteiger partial charge in [0, 0.05) is 44.2 Å². The third-order valence-corrected chi connectivity index (χ3v) is 6.40. The smallest absolute Gasteiger partial charge is 0.0854 e. The van der Waals surface area contributed by atoms with Crippen molar-refractivity contribution in [2.75, 3.05) is 33.3 Å². The van der Waals surface area contributed by atoms with E-state index in [1.165, 1.54) is 21.4 Å². The van der Waals surface area contributed by atoms with Gasteiger partial charge < -0.3 is 10.0 Å². The zero-order chi connectivity index (χ0) is 18.8. The van der Waals surface area contributed by atoms with Crippen molar-refractivity contribution in [2.24, 2.45) is 0 Å². The van der Waals surface area contributed by atoms with Crippen LogP contribution in [0.15, 0.2) is 41.8 Å². The number of rotatable bonds is 5. The van der Waals surface area contributed by atoms with Gasteiger partial charge in [0.1, 0.15) is 0 Å². The standard InChI is InChI=1S/C22H27N3OS/c1-16-5-6-17-13-18(14-25-9-8-24(2)19(15-25)7-10-26)22(23-20(17)12-16)21-4-3-11-27-21/h3-6,11-13,19,26H,7-10,14-15H2,1-2H3/t19-/m1/s1. The van der Waals surface area contributed by atoms with Crippen LogP contribution in [0.5, 0.6) is 0 Å². The Labute approximate surface area is 165 Å². The van der Waals surface area contributed by atoms with E-state index >= 15 is 0 Å². The number of piperazine rings is 1. The lowest BCUT2D eigenvalue weighted by atomic mass is 10.0. The summed E-state index contributed by atoms with van der Waals surface area (Å²) in [5.41, 5.74) is 4.71. The van der Waals surface area contributed by atoms with Gasteiger partial charge in [-0.25, -0.2) is 4.98 Å². The lowest BCUT2D eigenvalue weighted by Crippen LogP contribution is -2.51. The Hall–Kier alpha value is -1.79. The number of aryl methyl sites for hydroxylation is 1. The van der Waals surface area contributed by atoms with Crippen LogP contribution in [0, 0.1) is 6.92 Å². The summed E-state index contributed by atoms with van der Waals surface area (Å²) in [4.78, 5) is 11.2. The molecule has 3 aromatic rings. The molecule has 0 radical (unpaired) electrons. The molecule has 1 aromatic carbocycles. The summed E-state index contributed by atoms with van der Waals surface area (Å²) in [6.45, 7) is 6.35. The fourth-order valence-electron chi connectivity index (χ4n) is 3.92. The molecule has 1 aliphatic heterocycles. The van der Waals surface area contributed by atoms with Crippen molar-refractivity contribution in [1.29, 1.82) is 0 Å². The predicted octanol–water partition coefficient (Wildman–Crippen LogP) is 3.77. The van der Waals surface area contributed by atoms with Crippen LogP contribution in [0.3, 0.4) is 0 Å². The van der Waals surface area contributed by atoms with Crippen molar-refractivity contribution in [2.45, 2.75) is 25.9 Å². The Morgan fingerprint density at radius 1 is 1.22 bits per heavy atom. The van der Waals surface area contributed by atoms with Crippen molar-refractivity contribution in [1.82, 2.24) is 14.8 Å². The second-order valence-corrected chi connectivity index (χ2v) is 8.50. The van der Waals surface area contributed by atoms with Crippen LogP contribution in [0.2, 0.25) is 0 Å². The van der Waals surface area contributed by atoms with E-state index in [4.69, 9.17) is 4.98 Å². The molecule has 4 nitrogen and oxygen atoms in total. The lowest BCUT2D eigenvalue weighted by molar-refractivity contribution is 0.0744. The summed E-state index contributed by atoms with van der Waals surface area (Å²) in [7, 11) is 2.16. The van der Waals surface area contributed by atoms with Crippen LogP contribution in [0.4, 0.5) is 0 Å². The van der Waals surface area contributed by atoms with Gasteiger partial charge in [-0.1, -0.05) is 18.2 Å². The number of pyridine rings is 1. The minimum Gasteiger partial charge on any atom is -0.396 e. The number of fused-ring (bicyclic) bond motifs is 1. The highest BCUT2D eigenvalue weighted by molar-refractivity contribution is 7.13. The predicted molar refractivity (Wildman–Crippen MR) is 113 cm³/mol. The molecule has 1 aliphatic rings. The zero-order valence-corrected chi connectivity index (χ0v) is 16.9. The fourth-order valence-corrected chi connectivity index (χ4v) is 4.67. The molecule has 0 amide bonds. The topological polar surface area (TPSA) is 39.6 Å². The Morgan fingerprint density at radius 2 is 2.11 bits per heavy atom. The summed E-state index contributed by atoms with van der Waals surface area (Å²) in [5.74, 6) is 0. The number of thiophene rings is 1. The molecule has 27 heavy (non-hydrogen) atoms. The zero-order valence-electron chi connectivity index (χ0n) is 16.1. The molecule has 0 saturated carbocycles.